The van der Waals surface area contributed by atoms with E-state index >= 15 is 0 Å². The number of hydrogen-bond acceptors (Lipinski definition) is 18. The summed E-state index contributed by atoms with van der Waals surface area (Å²) < 4.78 is 18.7. The van der Waals surface area contributed by atoms with Gasteiger partial charge in [-0.15, -0.1) is 0 Å². The third-order valence-corrected chi connectivity index (χ3v) is 17.6. The molecule has 0 saturated carbocycles. The zero-order valence-corrected chi connectivity index (χ0v) is 55.7. The predicted molar refractivity (Wildman–Crippen MR) is 387 cm³/mol. The smallest absolute Gasteiger partial charge is 0.335 e. The summed E-state index contributed by atoms with van der Waals surface area (Å²) in [5.41, 5.74) is 24.7. The average molecular weight is 1360 g/mol. The number of piperidine rings is 1. The largest absolute Gasteiger partial charge is 0.457 e. The third kappa shape index (κ3) is 14.1. The lowest BCUT2D eigenvalue weighted by Crippen LogP contribution is -2.40. The number of ether oxygens (including phenoxy) is 2. The normalized spacial score (nSPS) is 15.4. The Hall–Kier alpha value is -13.5. The van der Waals surface area contributed by atoms with Crippen LogP contribution in [0.1, 0.15) is 80.3 Å². The summed E-state index contributed by atoms with van der Waals surface area (Å²) >= 11 is 0. The molecule has 102 heavy (non-hydrogen) atoms. The minimum atomic E-state index is -0.292. The molecule has 0 aliphatic carbocycles. The maximum Gasteiger partial charge on any atom is 0.335 e. The number of nitrogens with zero attached hydrogens (tertiary/aromatic N) is 15. The number of nitrogens with one attached hydrogen (secondary N) is 1. The van der Waals surface area contributed by atoms with E-state index in [-0.39, 0.29) is 53.3 Å². The number of pyridine rings is 1. The number of aromatic nitrogens is 12. The number of para-hydroxylation sites is 2. The molecule has 3 fully saturated rings. The minimum Gasteiger partial charge on any atom is -0.457 e. The average Bonchev–Trinajstić information content (AvgIpc) is 1.61. The van der Waals surface area contributed by atoms with Gasteiger partial charge >= 0.3 is 5.69 Å². The fourth-order valence-corrected chi connectivity index (χ4v) is 12.9. The van der Waals surface area contributed by atoms with Gasteiger partial charge in [-0.2, -0.15) is 5.10 Å². The first-order valence-corrected chi connectivity index (χ1v) is 33.0. The van der Waals surface area contributed by atoms with Crippen LogP contribution in [0.2, 0.25) is 0 Å². The number of imidazole rings is 2. The number of hydrogen-bond donors (Lipinski definition) is 4. The molecule has 7 aromatic heterocycles. The standard InChI is InChI=1S/C26H23N7O2.C25H22N6O3.C25H24N6O2/c1-2-6-21(34)32-15-5-7-19(32)25-31-22(23-24(27)29-14-16-33(23)25)17-9-11-18(12-10-17)26(35)30-20-8-3-4-13-28-20;1-2-6-21(32)29-14-13-18(15-29)31-24-22(23(26)27-16-28-24)30(25(31)33)17-9-11-20(12-10-17)34-19-7-4-3-5-8-19;1-2-21(32)30-14-6-7-18(15-30)31-25-22(24(26)27-16-28-25)23(29-31)17-10-12-20(13-11-17)33-19-8-4-3-5-9-19/h3-4,8-14,16,19H,5,7,15H2,1H3,(H2,27,29)(H,28,30,35);3-5,7-12,16,18H,13-15H2,1H3,(H2,26,27,28);2-5,8-13,16,18H,1,6-7,14-15H2,(H2,26,27,28)/t;2*18-/m.11/s1. The molecule has 26 heteroatoms. The van der Waals surface area contributed by atoms with E-state index in [1.54, 1.807) is 106 Å². The highest BCUT2D eigenvalue weighted by Gasteiger charge is 2.35. The molecule has 0 bridgehead atoms. The molecule has 5 aromatic carbocycles. The second kappa shape index (κ2) is 30.1. The molecule has 7 N–H and O–H groups in total. The molecule has 3 saturated heterocycles. The number of anilines is 4. The minimum absolute atomic E-state index is 0.00566. The first-order chi connectivity index (χ1) is 49.8. The Kier molecular flexibility index (Phi) is 19.8. The fraction of sp³-hybridized carbons (Fsp3) is 0.197. The van der Waals surface area contributed by atoms with Gasteiger partial charge in [-0.25, -0.2) is 44.4 Å². The van der Waals surface area contributed by atoms with Crippen LogP contribution in [-0.2, 0) is 14.4 Å². The van der Waals surface area contributed by atoms with Gasteiger partial charge < -0.3 is 46.7 Å². The van der Waals surface area contributed by atoms with Gasteiger partial charge in [-0.3, -0.25) is 32.7 Å². The molecule has 15 rings (SSSR count). The molecule has 0 spiro atoms. The summed E-state index contributed by atoms with van der Waals surface area (Å²) in [5, 5.41) is 8.39. The lowest BCUT2D eigenvalue weighted by atomic mass is 10.1. The molecule has 1 unspecified atom stereocenters. The Morgan fingerprint density at radius 2 is 1.20 bits per heavy atom. The number of nitrogens with two attached hydrogens (primary N) is 3. The Labute approximate surface area is 585 Å². The van der Waals surface area contributed by atoms with Crippen LogP contribution in [0.25, 0.3) is 55.9 Å². The van der Waals surface area contributed by atoms with Gasteiger partial charge in [-0.05, 0) is 161 Å². The molecule has 4 amide bonds. The van der Waals surface area contributed by atoms with E-state index in [4.69, 9.17) is 36.8 Å². The van der Waals surface area contributed by atoms with E-state index in [0.717, 1.165) is 54.1 Å². The number of likely N-dealkylation sites (tertiary alicyclic amines) is 3. The number of rotatable bonds is 13. The van der Waals surface area contributed by atoms with Crippen molar-refractivity contribution in [2.45, 2.75) is 64.1 Å². The molecule has 3 aliphatic heterocycles. The Bertz CT molecular complexity index is 5290. The van der Waals surface area contributed by atoms with Gasteiger partial charge in [0.2, 0.25) is 5.91 Å². The van der Waals surface area contributed by atoms with Crippen molar-refractivity contribution >= 4 is 74.6 Å². The van der Waals surface area contributed by atoms with Crippen molar-refractivity contribution in [3.8, 4) is 74.9 Å². The van der Waals surface area contributed by atoms with Gasteiger partial charge in [0.25, 0.3) is 17.7 Å². The van der Waals surface area contributed by atoms with Crippen LogP contribution in [0.3, 0.4) is 0 Å². The summed E-state index contributed by atoms with van der Waals surface area (Å²) in [6.45, 7) is 9.67. The monoisotopic (exact) mass is 1360 g/mol. The predicted octanol–water partition coefficient (Wildman–Crippen LogP) is 10.3. The van der Waals surface area contributed by atoms with Crippen molar-refractivity contribution in [2.24, 2.45) is 0 Å². The SMILES string of the molecule is C=CC(=O)N1CCC[C@@H](n2nc(-c3ccc(Oc4ccccc4)cc3)c3c(N)ncnc32)C1.CC#CC(=O)N1CCCC1c1nc(-c2ccc(C(=O)Nc3ccccn3)cc2)c2c(N)nccn12.CC#CC(=O)N1CC[C@@H](n2c(=O)n(-c3ccc(Oc4ccccc4)cc3)c3c(N)ncnc32)C1. The van der Waals surface area contributed by atoms with Crippen LogP contribution < -0.4 is 37.7 Å². The first-order valence-electron chi connectivity index (χ1n) is 33.0. The first kappa shape index (κ1) is 67.1. The number of nitrogen functional groups attached to an aromatic ring is 3. The zero-order valence-electron chi connectivity index (χ0n) is 55.7. The molecule has 10 heterocycles. The summed E-state index contributed by atoms with van der Waals surface area (Å²) in [5.74, 6) is 14.7. The molecule has 0 radical (unpaired) electrons. The van der Waals surface area contributed by atoms with Gasteiger partial charge in [0.05, 0.1) is 29.2 Å². The second-order valence-electron chi connectivity index (χ2n) is 24.0. The molecule has 26 nitrogen and oxygen atoms in total. The van der Waals surface area contributed by atoms with Gasteiger partial charge in [0, 0.05) is 68.0 Å². The number of fused-ring (bicyclic) bond motifs is 3. The maximum atomic E-state index is 13.6. The van der Waals surface area contributed by atoms with Crippen LogP contribution >= 0.6 is 0 Å². The highest BCUT2D eigenvalue weighted by molar-refractivity contribution is 6.04. The van der Waals surface area contributed by atoms with Crippen LogP contribution in [0.15, 0.2) is 200 Å². The Morgan fingerprint density at radius 1 is 0.588 bits per heavy atom. The van der Waals surface area contributed by atoms with E-state index in [1.807, 2.05) is 106 Å². The van der Waals surface area contributed by atoms with Crippen LogP contribution in [0.4, 0.5) is 23.3 Å². The number of carbonyl (C=O) groups excluding carboxylic acids is 4. The number of amides is 4. The van der Waals surface area contributed by atoms with Crippen LogP contribution in [0, 0.1) is 23.7 Å². The van der Waals surface area contributed by atoms with Gasteiger partial charge in [-0.1, -0.05) is 73.0 Å². The Morgan fingerprint density at radius 3 is 1.87 bits per heavy atom. The Balaban J connectivity index is 0.000000137. The molecule has 3 aliphatic rings. The highest BCUT2D eigenvalue weighted by atomic mass is 16.5. The molecule has 12 aromatic rings. The topological polar surface area (TPSA) is 326 Å². The zero-order chi connectivity index (χ0) is 70.8. The van der Waals surface area contributed by atoms with Crippen LogP contribution in [0.5, 0.6) is 23.0 Å². The number of carbonyl (C=O) groups is 4. The van der Waals surface area contributed by atoms with E-state index in [0.29, 0.717) is 119 Å². The van der Waals surface area contributed by atoms with Crippen molar-refractivity contribution in [1.82, 2.24) is 72.9 Å². The molecular formula is C76H69N19O7. The summed E-state index contributed by atoms with van der Waals surface area (Å²) in [7, 11) is 0. The second-order valence-corrected chi connectivity index (χ2v) is 24.0. The van der Waals surface area contributed by atoms with E-state index < -0.39 is 0 Å². The van der Waals surface area contributed by atoms with Gasteiger partial charge in [0.15, 0.2) is 17.1 Å². The van der Waals surface area contributed by atoms with Crippen LogP contribution in [-0.4, -0.2) is 129 Å². The van der Waals surface area contributed by atoms with Crippen molar-refractivity contribution in [2.75, 3.05) is 55.2 Å². The lowest BCUT2D eigenvalue weighted by molar-refractivity contribution is -0.128. The molecular weight excluding hydrogens is 1290 g/mol. The highest BCUT2D eigenvalue weighted by Crippen LogP contribution is 2.39. The van der Waals surface area contributed by atoms with Crippen molar-refractivity contribution in [3.63, 3.8) is 0 Å². The summed E-state index contributed by atoms with van der Waals surface area (Å²) in [6.07, 6.45) is 13.2. The summed E-state index contributed by atoms with van der Waals surface area (Å²) in [4.78, 5) is 98.9. The third-order valence-electron chi connectivity index (χ3n) is 17.6. The van der Waals surface area contributed by atoms with Crippen molar-refractivity contribution in [1.29, 1.82) is 0 Å². The summed E-state index contributed by atoms with van der Waals surface area (Å²) in [6, 6.07) is 45.9. The van der Waals surface area contributed by atoms with Gasteiger partial charge in [0.1, 0.15) is 81.4 Å². The van der Waals surface area contributed by atoms with E-state index in [9.17, 15) is 24.0 Å². The quantitative estimate of drug-likeness (QED) is 0.0616. The maximum absolute atomic E-state index is 13.6. The number of benzene rings is 5. The molecule has 510 valence electrons. The fourth-order valence-electron chi connectivity index (χ4n) is 12.9. The molecule has 3 atom stereocenters. The van der Waals surface area contributed by atoms with Crippen molar-refractivity contribution < 1.29 is 28.7 Å². The van der Waals surface area contributed by atoms with Crippen molar-refractivity contribution in [3.05, 3.63) is 217 Å². The lowest BCUT2D eigenvalue weighted by Gasteiger charge is -2.32. The van der Waals surface area contributed by atoms with E-state index in [2.05, 4.69) is 65.5 Å². The van der Waals surface area contributed by atoms with E-state index in [1.165, 1.54) is 23.3 Å².